The van der Waals surface area contributed by atoms with E-state index in [0.29, 0.717) is 19.8 Å². The first-order valence-electron chi connectivity index (χ1n) is 6.54. The zero-order valence-corrected chi connectivity index (χ0v) is 11.9. The van der Waals surface area contributed by atoms with E-state index in [2.05, 4.69) is 16.1 Å². The van der Waals surface area contributed by atoms with Crippen molar-refractivity contribution in [2.45, 2.75) is 25.0 Å². The molecule has 0 aliphatic carbocycles. The fourth-order valence-electron chi connectivity index (χ4n) is 2.60. The number of likely N-dealkylation sites (N-methyl/N-ethyl adjacent to an activating group) is 1. The molecule has 104 valence electrons. The normalized spacial score (nSPS) is 19.3. The fraction of sp³-hybridized carbons (Fsp3) is 0.615. The highest BCUT2D eigenvalue weighted by Gasteiger charge is 2.31. The lowest BCUT2D eigenvalue weighted by molar-refractivity contribution is -0.0778. The fourth-order valence-corrected chi connectivity index (χ4v) is 3.32. The number of aromatic nitrogens is 2. The quantitative estimate of drug-likeness (QED) is 0.919. The van der Waals surface area contributed by atoms with E-state index >= 15 is 0 Å². The molecule has 0 spiro atoms. The minimum atomic E-state index is -0.607. The van der Waals surface area contributed by atoms with E-state index in [4.69, 9.17) is 4.74 Å². The number of imidazole rings is 1. The molecular weight excluding hydrogens is 262 g/mol. The molecule has 0 atom stereocenters. The van der Waals surface area contributed by atoms with Crippen LogP contribution in [0.1, 0.15) is 18.5 Å². The van der Waals surface area contributed by atoms with E-state index < -0.39 is 5.60 Å². The van der Waals surface area contributed by atoms with Gasteiger partial charge in [0.1, 0.15) is 0 Å². The summed E-state index contributed by atoms with van der Waals surface area (Å²) in [6.45, 7) is 2.74. The Morgan fingerprint density at radius 3 is 3.05 bits per heavy atom. The molecule has 1 aliphatic rings. The van der Waals surface area contributed by atoms with Gasteiger partial charge in [-0.25, -0.2) is 4.98 Å². The van der Waals surface area contributed by atoms with Crippen LogP contribution in [0.3, 0.4) is 0 Å². The maximum atomic E-state index is 10.5. The van der Waals surface area contributed by atoms with Crippen molar-refractivity contribution in [3.63, 3.8) is 0 Å². The number of nitrogens with zero attached hydrogens (tertiary/aromatic N) is 3. The first-order valence-corrected chi connectivity index (χ1v) is 7.42. The summed E-state index contributed by atoms with van der Waals surface area (Å²) in [6, 6.07) is 0. The summed E-state index contributed by atoms with van der Waals surface area (Å²) in [4.78, 5) is 7.72. The second-order valence-electron chi connectivity index (χ2n) is 5.33. The van der Waals surface area contributed by atoms with Crippen LogP contribution in [-0.2, 0) is 11.3 Å². The van der Waals surface area contributed by atoms with Gasteiger partial charge in [-0.2, -0.15) is 0 Å². The van der Waals surface area contributed by atoms with Crippen molar-refractivity contribution in [2.75, 3.05) is 26.8 Å². The van der Waals surface area contributed by atoms with Crippen LogP contribution in [0.15, 0.2) is 17.8 Å². The summed E-state index contributed by atoms with van der Waals surface area (Å²) in [7, 11) is 2.03. The number of hydrogen-bond acceptors (Lipinski definition) is 5. The van der Waals surface area contributed by atoms with Gasteiger partial charge in [0.2, 0.25) is 0 Å². The van der Waals surface area contributed by atoms with Gasteiger partial charge in [0.15, 0.2) is 4.96 Å². The average molecular weight is 281 g/mol. The van der Waals surface area contributed by atoms with E-state index in [-0.39, 0.29) is 0 Å². The molecule has 3 heterocycles. The predicted octanol–water partition coefficient (Wildman–Crippen LogP) is 1.37. The minimum absolute atomic E-state index is 0.607. The third kappa shape index (κ3) is 2.97. The molecule has 1 aliphatic heterocycles. The van der Waals surface area contributed by atoms with Crippen LogP contribution in [0.5, 0.6) is 0 Å². The maximum Gasteiger partial charge on any atom is 0.193 e. The third-order valence-electron chi connectivity index (χ3n) is 3.56. The lowest BCUT2D eigenvalue weighted by Crippen LogP contribution is -2.45. The van der Waals surface area contributed by atoms with Gasteiger partial charge in [0.05, 0.1) is 11.3 Å². The molecule has 0 bridgehead atoms. The van der Waals surface area contributed by atoms with E-state index in [1.807, 2.05) is 23.0 Å². The molecule has 0 radical (unpaired) electrons. The Hall–Kier alpha value is -0.950. The van der Waals surface area contributed by atoms with Gasteiger partial charge in [-0.1, -0.05) is 0 Å². The summed E-state index contributed by atoms with van der Waals surface area (Å²) < 4.78 is 7.34. The second-order valence-corrected chi connectivity index (χ2v) is 6.21. The Bertz CT molecular complexity index is 516. The Morgan fingerprint density at radius 1 is 1.53 bits per heavy atom. The highest BCUT2D eigenvalue weighted by atomic mass is 32.1. The van der Waals surface area contributed by atoms with Crippen LogP contribution >= 0.6 is 11.3 Å². The summed E-state index contributed by atoms with van der Waals surface area (Å²) in [6.07, 6.45) is 5.50. The van der Waals surface area contributed by atoms with Gasteiger partial charge < -0.3 is 9.84 Å². The summed E-state index contributed by atoms with van der Waals surface area (Å²) in [5, 5.41) is 12.5. The molecular formula is C13H19N3O2S. The van der Waals surface area contributed by atoms with Gasteiger partial charge in [0.25, 0.3) is 0 Å². The molecule has 2 aromatic rings. The third-order valence-corrected chi connectivity index (χ3v) is 4.33. The molecule has 0 unspecified atom stereocenters. The van der Waals surface area contributed by atoms with Crippen molar-refractivity contribution in [2.24, 2.45) is 0 Å². The molecule has 1 N–H and O–H groups in total. The maximum absolute atomic E-state index is 10.5. The standard InChI is InChI=1S/C13H19N3O2S/c1-15(10-13(17)2-5-18-6-3-13)8-11-9-16-4-7-19-12(16)14-11/h4,7,9,17H,2-3,5-6,8,10H2,1H3. The van der Waals surface area contributed by atoms with E-state index in [1.54, 1.807) is 11.3 Å². The molecule has 1 saturated heterocycles. The Morgan fingerprint density at radius 2 is 2.32 bits per heavy atom. The first-order chi connectivity index (χ1) is 9.15. The number of aliphatic hydroxyl groups is 1. The molecule has 6 heteroatoms. The smallest absolute Gasteiger partial charge is 0.193 e. The SMILES string of the molecule is CN(Cc1cn2ccsc2n1)CC1(O)CCOCC1. The highest BCUT2D eigenvalue weighted by molar-refractivity contribution is 7.15. The molecule has 0 amide bonds. The van der Waals surface area contributed by atoms with Crippen molar-refractivity contribution >= 4 is 16.3 Å². The van der Waals surface area contributed by atoms with Gasteiger partial charge >= 0.3 is 0 Å². The number of thiazole rings is 1. The first kappa shape index (κ1) is 13.1. The van der Waals surface area contributed by atoms with Crippen LogP contribution < -0.4 is 0 Å². The Labute approximate surface area is 116 Å². The summed E-state index contributed by atoms with van der Waals surface area (Å²) in [5.74, 6) is 0. The number of hydrogen-bond donors (Lipinski definition) is 1. The minimum Gasteiger partial charge on any atom is -0.388 e. The van der Waals surface area contributed by atoms with Crippen LogP contribution in [0.25, 0.3) is 4.96 Å². The predicted molar refractivity (Wildman–Crippen MR) is 74.4 cm³/mol. The molecule has 3 rings (SSSR count). The van der Waals surface area contributed by atoms with Crippen LogP contribution in [-0.4, -0.2) is 51.8 Å². The van der Waals surface area contributed by atoms with Crippen molar-refractivity contribution in [1.82, 2.24) is 14.3 Å². The van der Waals surface area contributed by atoms with Gasteiger partial charge in [0, 0.05) is 56.9 Å². The number of fused-ring (bicyclic) bond motifs is 1. The van der Waals surface area contributed by atoms with Crippen molar-refractivity contribution in [3.8, 4) is 0 Å². The molecule has 0 saturated carbocycles. The van der Waals surface area contributed by atoms with Gasteiger partial charge in [-0.15, -0.1) is 11.3 Å². The zero-order valence-electron chi connectivity index (χ0n) is 11.1. The van der Waals surface area contributed by atoms with Crippen molar-refractivity contribution in [1.29, 1.82) is 0 Å². The van der Waals surface area contributed by atoms with Crippen molar-refractivity contribution in [3.05, 3.63) is 23.5 Å². The van der Waals surface area contributed by atoms with E-state index in [0.717, 1.165) is 30.0 Å². The molecule has 19 heavy (non-hydrogen) atoms. The average Bonchev–Trinajstić information content (AvgIpc) is 2.89. The molecule has 1 fully saturated rings. The molecule has 0 aromatic carbocycles. The summed E-state index contributed by atoms with van der Waals surface area (Å²) in [5.41, 5.74) is 0.439. The largest absolute Gasteiger partial charge is 0.388 e. The van der Waals surface area contributed by atoms with Gasteiger partial charge in [-0.3, -0.25) is 9.30 Å². The van der Waals surface area contributed by atoms with Gasteiger partial charge in [-0.05, 0) is 7.05 Å². The van der Waals surface area contributed by atoms with Crippen LogP contribution in [0.4, 0.5) is 0 Å². The van der Waals surface area contributed by atoms with E-state index in [1.165, 1.54) is 0 Å². The van der Waals surface area contributed by atoms with Crippen LogP contribution in [0, 0.1) is 0 Å². The van der Waals surface area contributed by atoms with Crippen LogP contribution in [0.2, 0.25) is 0 Å². The number of rotatable bonds is 4. The lowest BCUT2D eigenvalue weighted by Gasteiger charge is -2.35. The summed E-state index contributed by atoms with van der Waals surface area (Å²) >= 11 is 1.64. The highest BCUT2D eigenvalue weighted by Crippen LogP contribution is 2.22. The van der Waals surface area contributed by atoms with E-state index in [9.17, 15) is 5.11 Å². The molecule has 5 nitrogen and oxygen atoms in total. The Balaban J connectivity index is 1.61. The monoisotopic (exact) mass is 281 g/mol. The zero-order chi connectivity index (χ0) is 13.3. The van der Waals surface area contributed by atoms with Crippen molar-refractivity contribution < 1.29 is 9.84 Å². The molecule has 2 aromatic heterocycles. The Kier molecular flexibility index (Phi) is 3.58. The lowest BCUT2D eigenvalue weighted by atomic mass is 9.94. The number of ether oxygens (including phenoxy) is 1. The second kappa shape index (κ2) is 5.20. The topological polar surface area (TPSA) is 50.0 Å².